The van der Waals surface area contributed by atoms with Crippen molar-refractivity contribution in [2.75, 3.05) is 26.1 Å². The standard InChI is InChI=1S/C21H25ClN2O6S/c1-28-19-9-7-15(11-20(19)29-2)23-21(25)13-30-18-10-8-16(12-17(18)22)31(26,27)24-14-5-3-4-6-14/h7-12,14,24H,3-6,13H2,1-2H3,(H,23,25). The van der Waals surface area contributed by atoms with Crippen LogP contribution >= 0.6 is 11.6 Å². The summed E-state index contributed by atoms with van der Waals surface area (Å²) in [5.74, 6) is 0.820. The van der Waals surface area contributed by atoms with Crippen molar-refractivity contribution in [3.63, 3.8) is 0 Å². The molecule has 2 N–H and O–H groups in total. The topological polar surface area (TPSA) is 103 Å². The van der Waals surface area contributed by atoms with Gasteiger partial charge in [-0.1, -0.05) is 24.4 Å². The highest BCUT2D eigenvalue weighted by Gasteiger charge is 2.23. The number of rotatable bonds is 9. The second-order valence-corrected chi connectivity index (χ2v) is 9.22. The molecule has 31 heavy (non-hydrogen) atoms. The van der Waals surface area contributed by atoms with Crippen LogP contribution in [0.2, 0.25) is 5.02 Å². The van der Waals surface area contributed by atoms with Crippen molar-refractivity contribution >= 4 is 33.2 Å². The monoisotopic (exact) mass is 468 g/mol. The maximum Gasteiger partial charge on any atom is 0.262 e. The van der Waals surface area contributed by atoms with Gasteiger partial charge in [0.1, 0.15) is 5.75 Å². The molecule has 0 unspecified atom stereocenters. The van der Waals surface area contributed by atoms with E-state index in [1.807, 2.05) is 0 Å². The zero-order valence-corrected chi connectivity index (χ0v) is 18.9. The number of ether oxygens (including phenoxy) is 3. The van der Waals surface area contributed by atoms with E-state index < -0.39 is 15.9 Å². The summed E-state index contributed by atoms with van der Waals surface area (Å²) >= 11 is 6.19. The van der Waals surface area contributed by atoms with E-state index in [1.54, 1.807) is 18.2 Å². The lowest BCUT2D eigenvalue weighted by Gasteiger charge is -2.14. The highest BCUT2D eigenvalue weighted by Crippen LogP contribution is 2.30. The molecule has 1 amide bonds. The third kappa shape index (κ3) is 6.03. The molecule has 1 saturated carbocycles. The molecule has 10 heteroatoms. The van der Waals surface area contributed by atoms with E-state index in [-0.39, 0.29) is 28.3 Å². The van der Waals surface area contributed by atoms with E-state index in [2.05, 4.69) is 10.0 Å². The second-order valence-electron chi connectivity index (χ2n) is 7.10. The van der Waals surface area contributed by atoms with E-state index in [4.69, 9.17) is 25.8 Å². The fourth-order valence-electron chi connectivity index (χ4n) is 3.35. The first-order chi connectivity index (χ1) is 14.8. The summed E-state index contributed by atoms with van der Waals surface area (Å²) in [6.07, 6.45) is 3.71. The number of anilines is 1. The summed E-state index contributed by atoms with van der Waals surface area (Å²) in [6, 6.07) is 9.09. The Morgan fingerprint density at radius 3 is 2.35 bits per heavy atom. The molecule has 1 fully saturated rings. The van der Waals surface area contributed by atoms with Crippen molar-refractivity contribution in [3.05, 3.63) is 41.4 Å². The lowest BCUT2D eigenvalue weighted by molar-refractivity contribution is -0.118. The molecule has 0 spiro atoms. The highest BCUT2D eigenvalue weighted by atomic mass is 35.5. The SMILES string of the molecule is COc1ccc(NC(=O)COc2ccc(S(=O)(=O)NC3CCCC3)cc2Cl)cc1OC. The molecule has 0 heterocycles. The largest absolute Gasteiger partial charge is 0.493 e. The van der Waals surface area contributed by atoms with Gasteiger partial charge in [-0.2, -0.15) is 0 Å². The van der Waals surface area contributed by atoms with E-state index in [1.165, 1.54) is 32.4 Å². The zero-order chi connectivity index (χ0) is 22.4. The third-order valence-corrected chi connectivity index (χ3v) is 6.73. The smallest absolute Gasteiger partial charge is 0.262 e. The van der Waals surface area contributed by atoms with Crippen LogP contribution in [0.25, 0.3) is 0 Å². The van der Waals surface area contributed by atoms with Crippen molar-refractivity contribution in [2.45, 2.75) is 36.6 Å². The molecule has 8 nitrogen and oxygen atoms in total. The number of nitrogens with one attached hydrogen (secondary N) is 2. The van der Waals surface area contributed by atoms with Gasteiger partial charge < -0.3 is 19.5 Å². The minimum absolute atomic E-state index is 0.0417. The molecule has 0 aromatic heterocycles. The average molecular weight is 469 g/mol. The highest BCUT2D eigenvalue weighted by molar-refractivity contribution is 7.89. The molecule has 0 aliphatic heterocycles. The summed E-state index contributed by atoms with van der Waals surface area (Å²) in [5.41, 5.74) is 0.511. The quantitative estimate of drug-likeness (QED) is 0.583. The van der Waals surface area contributed by atoms with Gasteiger partial charge in [-0.25, -0.2) is 13.1 Å². The van der Waals surface area contributed by atoms with Crippen LogP contribution in [0.4, 0.5) is 5.69 Å². The van der Waals surface area contributed by atoms with Crippen molar-refractivity contribution in [1.82, 2.24) is 4.72 Å². The van der Waals surface area contributed by atoms with Crippen LogP contribution in [0.15, 0.2) is 41.3 Å². The van der Waals surface area contributed by atoms with Gasteiger partial charge in [0.25, 0.3) is 5.91 Å². The molecule has 2 aromatic carbocycles. The Balaban J connectivity index is 1.59. The van der Waals surface area contributed by atoms with Gasteiger partial charge in [-0.05, 0) is 43.2 Å². The van der Waals surface area contributed by atoms with Crippen LogP contribution in [0, 0.1) is 0 Å². The Hall–Kier alpha value is -2.49. The number of hydrogen-bond acceptors (Lipinski definition) is 6. The van der Waals surface area contributed by atoms with Gasteiger partial charge in [-0.3, -0.25) is 4.79 Å². The van der Waals surface area contributed by atoms with Crippen LogP contribution in [-0.4, -0.2) is 41.2 Å². The first-order valence-corrected chi connectivity index (χ1v) is 11.6. The fraction of sp³-hybridized carbons (Fsp3) is 0.381. The van der Waals surface area contributed by atoms with Crippen LogP contribution in [0.5, 0.6) is 17.2 Å². The zero-order valence-electron chi connectivity index (χ0n) is 17.3. The van der Waals surface area contributed by atoms with Gasteiger partial charge in [0.2, 0.25) is 10.0 Å². The lowest BCUT2D eigenvalue weighted by atomic mass is 10.2. The third-order valence-electron chi connectivity index (χ3n) is 4.92. The van der Waals surface area contributed by atoms with Crippen molar-refractivity contribution < 1.29 is 27.4 Å². The van der Waals surface area contributed by atoms with Crippen LogP contribution < -0.4 is 24.2 Å². The molecule has 0 atom stereocenters. The summed E-state index contributed by atoms with van der Waals surface area (Å²) in [6.45, 7) is -0.305. The Kier molecular flexibility index (Phi) is 7.64. The van der Waals surface area contributed by atoms with Gasteiger partial charge >= 0.3 is 0 Å². The minimum Gasteiger partial charge on any atom is -0.493 e. The molecule has 3 rings (SSSR count). The summed E-state index contributed by atoms with van der Waals surface area (Å²) in [4.78, 5) is 12.3. The number of benzene rings is 2. The number of sulfonamides is 1. The predicted octanol–water partition coefficient (Wildman–Crippen LogP) is 3.60. The molecular formula is C21H25ClN2O6S. The fourth-order valence-corrected chi connectivity index (χ4v) is 4.98. The van der Waals surface area contributed by atoms with E-state index in [0.29, 0.717) is 17.2 Å². The molecule has 1 aliphatic carbocycles. The van der Waals surface area contributed by atoms with Gasteiger partial charge in [0, 0.05) is 17.8 Å². The van der Waals surface area contributed by atoms with Crippen molar-refractivity contribution in [2.24, 2.45) is 0 Å². The van der Waals surface area contributed by atoms with E-state index >= 15 is 0 Å². The molecule has 0 saturated heterocycles. The lowest BCUT2D eigenvalue weighted by Crippen LogP contribution is -2.32. The normalized spacial score (nSPS) is 14.3. The molecule has 0 radical (unpaired) electrons. The van der Waals surface area contributed by atoms with Crippen LogP contribution in [-0.2, 0) is 14.8 Å². The summed E-state index contributed by atoms with van der Waals surface area (Å²) in [7, 11) is -0.634. The first-order valence-electron chi connectivity index (χ1n) is 9.79. The maximum absolute atomic E-state index is 12.5. The number of amides is 1. The molecule has 0 bridgehead atoms. The number of halogens is 1. The van der Waals surface area contributed by atoms with Gasteiger partial charge in [0.15, 0.2) is 18.1 Å². The molecule has 168 valence electrons. The average Bonchev–Trinajstić information content (AvgIpc) is 3.25. The summed E-state index contributed by atoms with van der Waals surface area (Å²) in [5, 5.41) is 2.79. The summed E-state index contributed by atoms with van der Waals surface area (Å²) < 4.78 is 43.6. The van der Waals surface area contributed by atoms with Crippen molar-refractivity contribution in [1.29, 1.82) is 0 Å². The Morgan fingerprint density at radius 2 is 1.71 bits per heavy atom. The molecule has 1 aliphatic rings. The number of hydrogen-bond donors (Lipinski definition) is 2. The minimum atomic E-state index is -3.66. The van der Waals surface area contributed by atoms with Crippen molar-refractivity contribution in [3.8, 4) is 17.2 Å². The Morgan fingerprint density at radius 1 is 1.03 bits per heavy atom. The van der Waals surface area contributed by atoms with E-state index in [9.17, 15) is 13.2 Å². The first kappa shape index (κ1) is 23.2. The molecule has 2 aromatic rings. The second kappa shape index (κ2) is 10.2. The van der Waals surface area contributed by atoms with Crippen LogP contribution in [0.1, 0.15) is 25.7 Å². The Bertz CT molecular complexity index is 1040. The number of carbonyl (C=O) groups is 1. The number of carbonyl (C=O) groups excluding carboxylic acids is 1. The Labute approximate surface area is 186 Å². The van der Waals surface area contributed by atoms with Crippen LogP contribution in [0.3, 0.4) is 0 Å². The molecular weight excluding hydrogens is 444 g/mol. The van der Waals surface area contributed by atoms with E-state index in [0.717, 1.165) is 25.7 Å². The number of methoxy groups -OCH3 is 2. The maximum atomic E-state index is 12.5. The van der Waals surface area contributed by atoms with Gasteiger partial charge in [-0.15, -0.1) is 0 Å². The predicted molar refractivity (Wildman–Crippen MR) is 118 cm³/mol. The van der Waals surface area contributed by atoms with Gasteiger partial charge in [0.05, 0.1) is 24.1 Å².